The molecule has 4 rings (SSSR count). The van der Waals surface area contributed by atoms with Crippen molar-refractivity contribution in [1.82, 2.24) is 14.5 Å². The maximum absolute atomic E-state index is 13.2. The molecule has 28 heavy (non-hydrogen) atoms. The molecule has 0 saturated heterocycles. The molecule has 1 N–H and O–H groups in total. The molecule has 2 aromatic heterocycles. The van der Waals surface area contributed by atoms with Gasteiger partial charge in [0.05, 0.1) is 22.0 Å². The van der Waals surface area contributed by atoms with Gasteiger partial charge >= 0.3 is 0 Å². The van der Waals surface area contributed by atoms with Gasteiger partial charge in [0.2, 0.25) is 0 Å². The van der Waals surface area contributed by atoms with E-state index in [-0.39, 0.29) is 5.91 Å². The number of carbonyl (C=O) groups excluding carboxylic acids is 1. The molecule has 0 atom stereocenters. The lowest BCUT2D eigenvalue weighted by Gasteiger charge is -2.19. The molecule has 146 valence electrons. The van der Waals surface area contributed by atoms with E-state index in [4.69, 9.17) is 21.6 Å². The zero-order chi connectivity index (χ0) is 19.8. The van der Waals surface area contributed by atoms with Crippen molar-refractivity contribution in [2.45, 2.75) is 39.2 Å². The van der Waals surface area contributed by atoms with E-state index < -0.39 is 0 Å². The molecular formula is C21H24ClN5O. The summed E-state index contributed by atoms with van der Waals surface area (Å²) in [6.07, 6.45) is 4.37. The monoisotopic (exact) mass is 397 g/mol. The van der Waals surface area contributed by atoms with Gasteiger partial charge in [-0.1, -0.05) is 24.1 Å². The third-order valence-electron chi connectivity index (χ3n) is 5.12. The predicted molar refractivity (Wildman–Crippen MR) is 114 cm³/mol. The number of imidazole rings is 1. The Hall–Kier alpha value is -2.60. The molecule has 0 bridgehead atoms. The van der Waals surface area contributed by atoms with Crippen LogP contribution in [0.2, 0.25) is 5.02 Å². The molecule has 3 aromatic rings. The molecule has 0 unspecified atom stereocenters. The van der Waals surface area contributed by atoms with Crippen LogP contribution in [0.4, 0.5) is 11.4 Å². The maximum Gasteiger partial charge on any atom is 0.258 e. The normalized spacial score (nSPS) is 13.9. The molecule has 0 aliphatic carbocycles. The average Bonchev–Trinajstić information content (AvgIpc) is 2.82. The van der Waals surface area contributed by atoms with E-state index in [0.29, 0.717) is 21.8 Å². The molecule has 1 aliphatic heterocycles. The first-order chi connectivity index (χ1) is 13.5. The van der Waals surface area contributed by atoms with Gasteiger partial charge in [0, 0.05) is 32.8 Å². The number of amides is 1. The number of para-hydroxylation sites is 1. The lowest BCUT2D eigenvalue weighted by atomic mass is 10.1. The minimum absolute atomic E-state index is 0.200. The quantitative estimate of drug-likeness (QED) is 0.709. The van der Waals surface area contributed by atoms with Crippen LogP contribution in [-0.2, 0) is 13.0 Å². The Kier molecular flexibility index (Phi) is 4.98. The molecule has 6 nitrogen and oxygen atoms in total. The summed E-state index contributed by atoms with van der Waals surface area (Å²) in [7, 11) is 3.80. The second-order valence-electron chi connectivity index (χ2n) is 7.46. The van der Waals surface area contributed by atoms with Crippen LogP contribution >= 0.6 is 11.6 Å². The summed E-state index contributed by atoms with van der Waals surface area (Å²) in [6.45, 7) is 2.82. The van der Waals surface area contributed by atoms with Gasteiger partial charge in [0.15, 0.2) is 5.65 Å². The van der Waals surface area contributed by atoms with Gasteiger partial charge < -0.3 is 14.8 Å². The molecule has 0 fully saturated rings. The Morgan fingerprint density at radius 2 is 2.04 bits per heavy atom. The number of benzene rings is 1. The highest BCUT2D eigenvalue weighted by molar-refractivity contribution is 6.34. The number of anilines is 2. The fourth-order valence-electron chi connectivity index (χ4n) is 3.85. The number of halogens is 1. The molecule has 0 spiro atoms. The summed E-state index contributed by atoms with van der Waals surface area (Å²) >= 11 is 6.34. The van der Waals surface area contributed by atoms with Crippen LogP contribution in [0, 0.1) is 6.92 Å². The Morgan fingerprint density at radius 3 is 2.82 bits per heavy atom. The average molecular weight is 398 g/mol. The van der Waals surface area contributed by atoms with Crippen LogP contribution in [0.1, 0.15) is 41.1 Å². The fourth-order valence-corrected chi connectivity index (χ4v) is 4.19. The number of hydrogen-bond donors (Lipinski definition) is 1. The maximum atomic E-state index is 13.2. The van der Waals surface area contributed by atoms with Crippen molar-refractivity contribution in [2.24, 2.45) is 0 Å². The van der Waals surface area contributed by atoms with Crippen LogP contribution in [0.5, 0.6) is 0 Å². The van der Waals surface area contributed by atoms with Gasteiger partial charge in [0.1, 0.15) is 11.3 Å². The van der Waals surface area contributed by atoms with E-state index in [0.717, 1.165) is 48.7 Å². The minimum Gasteiger partial charge on any atom is -0.375 e. The number of nitrogens with zero attached hydrogens (tertiary/aromatic N) is 4. The number of aryl methyl sites for hydroxylation is 3. The minimum atomic E-state index is -0.200. The first-order valence-corrected chi connectivity index (χ1v) is 9.97. The topological polar surface area (TPSA) is 63.1 Å². The van der Waals surface area contributed by atoms with Crippen molar-refractivity contribution >= 4 is 40.0 Å². The molecule has 7 heteroatoms. The van der Waals surface area contributed by atoms with Gasteiger partial charge in [-0.25, -0.2) is 9.97 Å². The second-order valence-corrected chi connectivity index (χ2v) is 7.87. The lowest BCUT2D eigenvalue weighted by molar-refractivity contribution is 0.102. The lowest BCUT2D eigenvalue weighted by Crippen LogP contribution is -2.18. The summed E-state index contributed by atoms with van der Waals surface area (Å²) in [5, 5.41) is 3.61. The number of fused-ring (bicyclic) bond motifs is 3. The Bertz CT molecular complexity index is 1060. The fraction of sp³-hybridized carbons (Fsp3) is 0.381. The van der Waals surface area contributed by atoms with Crippen molar-refractivity contribution < 1.29 is 4.79 Å². The van der Waals surface area contributed by atoms with Crippen LogP contribution in [0.3, 0.4) is 0 Å². The highest BCUT2D eigenvalue weighted by Crippen LogP contribution is 2.33. The summed E-state index contributed by atoms with van der Waals surface area (Å²) < 4.78 is 2.18. The molecule has 0 radical (unpaired) electrons. The molecule has 0 saturated carbocycles. The van der Waals surface area contributed by atoms with Gasteiger partial charge in [-0.3, -0.25) is 4.79 Å². The highest BCUT2D eigenvalue weighted by atomic mass is 35.5. The number of hydrogen-bond acceptors (Lipinski definition) is 4. The molecule has 3 heterocycles. The van der Waals surface area contributed by atoms with Crippen LogP contribution in [-0.4, -0.2) is 34.5 Å². The third kappa shape index (κ3) is 3.33. The Morgan fingerprint density at radius 1 is 1.21 bits per heavy atom. The summed E-state index contributed by atoms with van der Waals surface area (Å²) in [6, 6.07) is 7.31. The van der Waals surface area contributed by atoms with Crippen LogP contribution in [0.25, 0.3) is 11.2 Å². The number of nitrogens with one attached hydrogen (secondary N) is 1. The third-order valence-corrected chi connectivity index (χ3v) is 5.42. The molecular weight excluding hydrogens is 374 g/mol. The van der Waals surface area contributed by atoms with Crippen molar-refractivity contribution in [3.8, 4) is 0 Å². The highest BCUT2D eigenvalue weighted by Gasteiger charge is 2.22. The van der Waals surface area contributed by atoms with Gasteiger partial charge in [0.25, 0.3) is 5.91 Å². The summed E-state index contributed by atoms with van der Waals surface area (Å²) in [5.41, 5.74) is 4.29. The second kappa shape index (κ2) is 7.43. The van der Waals surface area contributed by atoms with Crippen LogP contribution in [0.15, 0.2) is 24.3 Å². The van der Waals surface area contributed by atoms with Gasteiger partial charge in [-0.2, -0.15) is 0 Å². The van der Waals surface area contributed by atoms with E-state index in [2.05, 4.69) is 9.88 Å². The zero-order valence-electron chi connectivity index (χ0n) is 16.4. The van der Waals surface area contributed by atoms with Crippen molar-refractivity contribution in [2.75, 3.05) is 24.3 Å². The summed E-state index contributed by atoms with van der Waals surface area (Å²) in [5.74, 6) is 0.825. The number of rotatable bonds is 3. The van der Waals surface area contributed by atoms with Gasteiger partial charge in [-0.15, -0.1) is 0 Å². The predicted octanol–water partition coefficient (Wildman–Crippen LogP) is 4.44. The van der Waals surface area contributed by atoms with E-state index in [1.54, 1.807) is 0 Å². The molecule has 1 amide bonds. The SMILES string of the molecule is Cc1cc(C(=O)Nc2cccc(Cl)c2N(C)C)c2nc3n(c2n1)CCCCC3. The van der Waals surface area contributed by atoms with Crippen molar-refractivity contribution in [3.63, 3.8) is 0 Å². The number of aromatic nitrogens is 3. The first kappa shape index (κ1) is 18.7. The first-order valence-electron chi connectivity index (χ1n) is 9.59. The van der Waals surface area contributed by atoms with Crippen LogP contribution < -0.4 is 10.2 Å². The van der Waals surface area contributed by atoms with Gasteiger partial charge in [-0.05, 0) is 38.0 Å². The van der Waals surface area contributed by atoms with Crippen molar-refractivity contribution in [1.29, 1.82) is 0 Å². The molecule has 1 aromatic carbocycles. The van der Waals surface area contributed by atoms with E-state index >= 15 is 0 Å². The van der Waals surface area contributed by atoms with Crippen molar-refractivity contribution in [3.05, 3.63) is 46.4 Å². The zero-order valence-corrected chi connectivity index (χ0v) is 17.2. The van der Waals surface area contributed by atoms with E-state index in [1.165, 1.54) is 6.42 Å². The molecule has 1 aliphatic rings. The summed E-state index contributed by atoms with van der Waals surface area (Å²) in [4.78, 5) is 24.6. The van der Waals surface area contributed by atoms with E-state index in [1.807, 2.05) is 50.2 Å². The number of carbonyl (C=O) groups is 1. The number of pyridine rings is 1. The van der Waals surface area contributed by atoms with E-state index in [9.17, 15) is 4.79 Å². The largest absolute Gasteiger partial charge is 0.375 e. The smallest absolute Gasteiger partial charge is 0.258 e. The standard InChI is InChI=1S/C21H24ClN5O/c1-13-12-14(18-20(23-13)27-11-6-4-5-10-17(27)25-18)21(28)24-16-9-7-8-15(22)19(16)26(2)3/h7-9,12H,4-6,10-11H2,1-3H3,(H,24,28). The Balaban J connectivity index is 1.78. The Labute approximate surface area is 169 Å².